The zero-order valence-electron chi connectivity index (χ0n) is 29.4. The lowest BCUT2D eigenvalue weighted by Gasteiger charge is -2.34. The SMILES string of the molecule is CC.Cc1ccc(-n2nc(N3CCN(CCOCCOCCOCC(=O)OC(C)(C)C)CC3)cc2NC(=O)c2cnn3cccnc23)nc1. The summed E-state index contributed by atoms with van der Waals surface area (Å²) in [6.07, 6.45) is 6.65. The predicted octanol–water partition coefficient (Wildman–Crippen LogP) is 3.41. The molecule has 0 saturated carbocycles. The maximum Gasteiger partial charge on any atom is 0.332 e. The number of carbonyl (C=O) groups is 2. The van der Waals surface area contributed by atoms with Crippen molar-refractivity contribution in [1.29, 1.82) is 0 Å². The lowest BCUT2D eigenvalue weighted by Crippen LogP contribution is -2.47. The number of ether oxygens (including phenoxy) is 4. The molecule has 1 fully saturated rings. The summed E-state index contributed by atoms with van der Waals surface area (Å²) in [6, 6.07) is 7.47. The number of piperazine rings is 1. The number of esters is 1. The summed E-state index contributed by atoms with van der Waals surface area (Å²) in [7, 11) is 0. The molecular formula is C34H49N9O6. The highest BCUT2D eigenvalue weighted by molar-refractivity contribution is 6.08. The summed E-state index contributed by atoms with van der Waals surface area (Å²) >= 11 is 0. The third kappa shape index (κ3) is 11.3. The number of nitrogens with zero attached hydrogens (tertiary/aromatic N) is 8. The van der Waals surface area contributed by atoms with Crippen LogP contribution in [0.5, 0.6) is 0 Å². The highest BCUT2D eigenvalue weighted by Gasteiger charge is 2.23. The van der Waals surface area contributed by atoms with Gasteiger partial charge in [-0.15, -0.1) is 5.10 Å². The van der Waals surface area contributed by atoms with Gasteiger partial charge in [-0.3, -0.25) is 9.69 Å². The Kier molecular flexibility index (Phi) is 14.0. The van der Waals surface area contributed by atoms with Crippen molar-refractivity contribution in [1.82, 2.24) is 34.3 Å². The van der Waals surface area contributed by atoms with Crippen LogP contribution in [-0.4, -0.2) is 124 Å². The van der Waals surface area contributed by atoms with E-state index in [1.54, 1.807) is 33.9 Å². The van der Waals surface area contributed by atoms with Crippen molar-refractivity contribution in [2.75, 3.05) is 82.6 Å². The second-order valence-electron chi connectivity index (χ2n) is 12.1. The molecule has 0 spiro atoms. The van der Waals surface area contributed by atoms with Crippen molar-refractivity contribution in [2.24, 2.45) is 0 Å². The van der Waals surface area contributed by atoms with Gasteiger partial charge in [0.1, 0.15) is 23.6 Å². The summed E-state index contributed by atoms with van der Waals surface area (Å²) in [5.41, 5.74) is 1.34. The van der Waals surface area contributed by atoms with E-state index in [0.717, 1.165) is 44.1 Å². The summed E-state index contributed by atoms with van der Waals surface area (Å²) in [4.78, 5) is 38.3. The zero-order chi connectivity index (χ0) is 35.2. The molecule has 1 aliphatic rings. The van der Waals surface area contributed by atoms with Gasteiger partial charge in [-0.1, -0.05) is 19.9 Å². The smallest absolute Gasteiger partial charge is 0.332 e. The Hall–Kier alpha value is -4.44. The van der Waals surface area contributed by atoms with Crippen LogP contribution in [0.1, 0.15) is 50.5 Å². The Morgan fingerprint density at radius 1 is 0.898 bits per heavy atom. The topological polar surface area (TPSA) is 150 Å². The number of anilines is 2. The minimum atomic E-state index is -0.521. The van der Waals surface area contributed by atoms with Crippen LogP contribution in [0.2, 0.25) is 0 Å². The molecule has 1 N–H and O–H groups in total. The van der Waals surface area contributed by atoms with Crippen LogP contribution in [0.15, 0.2) is 49.1 Å². The van der Waals surface area contributed by atoms with Crippen LogP contribution in [0.3, 0.4) is 0 Å². The molecule has 15 nitrogen and oxygen atoms in total. The molecule has 4 aromatic rings. The monoisotopic (exact) mass is 679 g/mol. The summed E-state index contributed by atoms with van der Waals surface area (Å²) in [6.45, 7) is 17.6. The molecule has 0 radical (unpaired) electrons. The van der Waals surface area contributed by atoms with Crippen LogP contribution in [0.25, 0.3) is 11.5 Å². The van der Waals surface area contributed by atoms with Gasteiger partial charge in [0, 0.05) is 57.4 Å². The number of hydrogen-bond donors (Lipinski definition) is 1. The number of aryl methyl sites for hydroxylation is 1. The zero-order valence-corrected chi connectivity index (χ0v) is 29.4. The first-order chi connectivity index (χ1) is 23.7. The molecular weight excluding hydrogens is 630 g/mol. The number of amides is 1. The molecule has 1 amide bonds. The minimum Gasteiger partial charge on any atom is -0.458 e. The number of aromatic nitrogens is 6. The molecule has 0 unspecified atom stereocenters. The largest absolute Gasteiger partial charge is 0.458 e. The van der Waals surface area contributed by atoms with Crippen LogP contribution in [0.4, 0.5) is 11.6 Å². The van der Waals surface area contributed by atoms with Gasteiger partial charge in [0.15, 0.2) is 17.3 Å². The third-order valence-electron chi connectivity index (χ3n) is 7.21. The first-order valence-electron chi connectivity index (χ1n) is 16.7. The van der Waals surface area contributed by atoms with Gasteiger partial charge in [0.25, 0.3) is 5.91 Å². The summed E-state index contributed by atoms with van der Waals surface area (Å²) < 4.78 is 25.0. The predicted molar refractivity (Wildman–Crippen MR) is 185 cm³/mol. The average molecular weight is 680 g/mol. The Bertz CT molecular complexity index is 1610. The molecule has 0 aromatic carbocycles. The van der Waals surface area contributed by atoms with Gasteiger partial charge >= 0.3 is 5.97 Å². The van der Waals surface area contributed by atoms with E-state index in [0.29, 0.717) is 55.9 Å². The van der Waals surface area contributed by atoms with E-state index in [1.165, 1.54) is 6.20 Å². The van der Waals surface area contributed by atoms with Gasteiger partial charge in [0.05, 0.1) is 39.2 Å². The third-order valence-corrected chi connectivity index (χ3v) is 7.21. The van der Waals surface area contributed by atoms with Gasteiger partial charge in [0.2, 0.25) is 0 Å². The van der Waals surface area contributed by atoms with E-state index in [9.17, 15) is 9.59 Å². The van der Waals surface area contributed by atoms with Gasteiger partial charge in [-0.25, -0.2) is 19.3 Å². The molecule has 49 heavy (non-hydrogen) atoms. The van der Waals surface area contributed by atoms with E-state index in [2.05, 4.69) is 30.2 Å². The second-order valence-corrected chi connectivity index (χ2v) is 12.1. The normalized spacial score (nSPS) is 13.6. The van der Waals surface area contributed by atoms with Crippen molar-refractivity contribution in [3.05, 3.63) is 60.2 Å². The van der Waals surface area contributed by atoms with Gasteiger partial charge in [-0.05, 0) is 45.4 Å². The highest BCUT2D eigenvalue weighted by Crippen LogP contribution is 2.24. The van der Waals surface area contributed by atoms with Crippen molar-refractivity contribution in [3.8, 4) is 5.82 Å². The highest BCUT2D eigenvalue weighted by atomic mass is 16.6. The van der Waals surface area contributed by atoms with Gasteiger partial charge < -0.3 is 29.2 Å². The molecule has 0 bridgehead atoms. The molecule has 0 aliphatic carbocycles. The molecule has 1 aliphatic heterocycles. The quantitative estimate of drug-likeness (QED) is 0.145. The van der Waals surface area contributed by atoms with Gasteiger partial charge in [-0.2, -0.15) is 9.78 Å². The maximum atomic E-state index is 13.3. The first-order valence-corrected chi connectivity index (χ1v) is 16.7. The van der Waals surface area contributed by atoms with Crippen LogP contribution in [-0.2, 0) is 23.7 Å². The van der Waals surface area contributed by atoms with E-state index < -0.39 is 5.60 Å². The van der Waals surface area contributed by atoms with Crippen LogP contribution >= 0.6 is 0 Å². The number of fused-ring (bicyclic) bond motifs is 1. The average Bonchev–Trinajstić information content (AvgIpc) is 3.71. The Morgan fingerprint density at radius 2 is 1.61 bits per heavy atom. The van der Waals surface area contributed by atoms with E-state index in [1.807, 2.05) is 59.7 Å². The Morgan fingerprint density at radius 3 is 2.31 bits per heavy atom. The first kappa shape index (κ1) is 37.4. The summed E-state index contributed by atoms with van der Waals surface area (Å²) in [5, 5.41) is 12.1. The fourth-order valence-electron chi connectivity index (χ4n) is 4.90. The maximum absolute atomic E-state index is 13.3. The van der Waals surface area contributed by atoms with Crippen molar-refractivity contribution in [3.63, 3.8) is 0 Å². The molecule has 0 atom stereocenters. The molecule has 266 valence electrons. The van der Waals surface area contributed by atoms with Crippen molar-refractivity contribution in [2.45, 2.75) is 47.1 Å². The summed E-state index contributed by atoms with van der Waals surface area (Å²) in [5.74, 6) is 1.14. The lowest BCUT2D eigenvalue weighted by molar-refractivity contribution is -0.160. The lowest BCUT2D eigenvalue weighted by atomic mass is 10.2. The minimum absolute atomic E-state index is 0.0874. The Labute approximate surface area is 287 Å². The molecule has 4 aromatic heterocycles. The number of nitrogens with one attached hydrogen (secondary N) is 1. The van der Waals surface area contributed by atoms with Crippen LogP contribution < -0.4 is 10.2 Å². The van der Waals surface area contributed by atoms with Crippen molar-refractivity contribution < 1.29 is 28.5 Å². The number of carbonyl (C=O) groups excluding carboxylic acids is 2. The number of rotatable bonds is 15. The molecule has 1 saturated heterocycles. The molecule has 15 heteroatoms. The second kappa shape index (κ2) is 18.4. The van der Waals surface area contributed by atoms with Crippen molar-refractivity contribution >= 4 is 29.2 Å². The fraction of sp³-hybridized carbons (Fsp3) is 0.529. The van der Waals surface area contributed by atoms with E-state index in [-0.39, 0.29) is 18.5 Å². The Balaban J connectivity index is 0.00000265. The van der Waals surface area contributed by atoms with Crippen LogP contribution in [0, 0.1) is 6.92 Å². The fourth-order valence-corrected chi connectivity index (χ4v) is 4.90. The number of pyridine rings is 1. The van der Waals surface area contributed by atoms with E-state index in [4.69, 9.17) is 24.0 Å². The molecule has 5 heterocycles. The van der Waals surface area contributed by atoms with E-state index >= 15 is 0 Å². The number of hydrogen-bond acceptors (Lipinski definition) is 12. The molecule has 5 rings (SSSR count). The standard InChI is InChI=1S/C32H43N9O6.C2H6/c1-24-6-7-26(34-21-24)41-27(36-31(43)25-22-35-40-9-5-8-33-30(25)40)20-28(37-41)39-12-10-38(11-13-39)14-15-44-16-17-45-18-19-46-23-29(42)47-32(2,3)4;1-2/h5-9,20-22H,10-19,23H2,1-4H3,(H,36,43);1-2H3.